The first-order chi connectivity index (χ1) is 17.6. The summed E-state index contributed by atoms with van der Waals surface area (Å²) in [6, 6.07) is 27.3. The number of benzene rings is 3. The highest BCUT2D eigenvalue weighted by Crippen LogP contribution is 2.35. The number of rotatable bonds is 7. The van der Waals surface area contributed by atoms with E-state index in [0.717, 1.165) is 32.0 Å². The minimum Gasteiger partial charge on any atom is -0.338 e. The van der Waals surface area contributed by atoms with E-state index in [0.29, 0.717) is 24.6 Å². The monoisotopic (exact) mass is 483 g/mol. The van der Waals surface area contributed by atoms with E-state index in [2.05, 4.69) is 59.5 Å². The summed E-state index contributed by atoms with van der Waals surface area (Å²) < 4.78 is 0. The smallest absolute Gasteiger partial charge is 0.269 e. The highest BCUT2D eigenvalue weighted by atomic mass is 16.6. The lowest BCUT2D eigenvalue weighted by atomic mass is 9.86. The molecule has 0 N–H and O–H groups in total. The third kappa shape index (κ3) is 5.65. The fourth-order valence-corrected chi connectivity index (χ4v) is 5.86. The summed E-state index contributed by atoms with van der Waals surface area (Å²) in [5.41, 5.74) is 3.22. The van der Waals surface area contributed by atoms with Gasteiger partial charge in [-0.2, -0.15) is 0 Å². The number of nitro benzene ring substituents is 1. The number of amides is 1. The van der Waals surface area contributed by atoms with Crippen LogP contribution in [0.5, 0.6) is 0 Å². The molecule has 2 aliphatic heterocycles. The number of hydrogen-bond donors (Lipinski definition) is 0. The summed E-state index contributed by atoms with van der Waals surface area (Å²) in [5.74, 6) is 1.34. The zero-order chi connectivity index (χ0) is 24.9. The van der Waals surface area contributed by atoms with Crippen LogP contribution in [0.2, 0.25) is 0 Å². The third-order valence-electron chi connectivity index (χ3n) is 7.85. The van der Waals surface area contributed by atoms with E-state index in [1.54, 1.807) is 12.1 Å². The first-order valence-electron chi connectivity index (χ1n) is 12.9. The van der Waals surface area contributed by atoms with E-state index >= 15 is 0 Å². The molecule has 0 unspecified atom stereocenters. The van der Waals surface area contributed by atoms with Gasteiger partial charge in [-0.25, -0.2) is 0 Å². The molecule has 0 saturated carbocycles. The van der Waals surface area contributed by atoms with Crippen molar-refractivity contribution in [2.45, 2.75) is 25.2 Å². The Kier molecular flexibility index (Phi) is 7.42. The quantitative estimate of drug-likeness (QED) is 0.333. The molecule has 2 heterocycles. The van der Waals surface area contributed by atoms with Gasteiger partial charge in [-0.3, -0.25) is 14.9 Å². The van der Waals surface area contributed by atoms with Crippen molar-refractivity contribution in [2.24, 2.45) is 11.8 Å². The number of carbonyl (C=O) groups is 1. The van der Waals surface area contributed by atoms with Crippen molar-refractivity contribution >= 4 is 11.6 Å². The molecular formula is C30H33N3O3. The molecule has 0 aliphatic carbocycles. The summed E-state index contributed by atoms with van der Waals surface area (Å²) >= 11 is 0. The normalized spacial score (nSPS) is 20.9. The molecule has 5 rings (SSSR count). The van der Waals surface area contributed by atoms with Crippen molar-refractivity contribution in [3.05, 3.63) is 112 Å². The Morgan fingerprint density at radius 3 is 2.14 bits per heavy atom. The Labute approximate surface area is 212 Å². The summed E-state index contributed by atoms with van der Waals surface area (Å²) in [5, 5.41) is 11.0. The third-order valence-corrected chi connectivity index (χ3v) is 7.85. The van der Waals surface area contributed by atoms with Crippen LogP contribution in [-0.4, -0.2) is 53.4 Å². The molecule has 6 nitrogen and oxygen atoms in total. The van der Waals surface area contributed by atoms with Gasteiger partial charge >= 0.3 is 0 Å². The van der Waals surface area contributed by atoms with Gasteiger partial charge in [0.1, 0.15) is 0 Å². The van der Waals surface area contributed by atoms with Crippen LogP contribution in [0.4, 0.5) is 5.69 Å². The molecule has 2 aliphatic rings. The molecule has 0 radical (unpaired) electrons. The van der Waals surface area contributed by atoms with Crippen LogP contribution in [0.25, 0.3) is 0 Å². The molecule has 3 aromatic rings. The molecule has 2 atom stereocenters. The number of carbonyl (C=O) groups excluding carboxylic acids is 1. The highest BCUT2D eigenvalue weighted by Gasteiger charge is 2.37. The van der Waals surface area contributed by atoms with Crippen molar-refractivity contribution in [3.63, 3.8) is 0 Å². The number of non-ortho nitro benzene ring substituents is 1. The lowest BCUT2D eigenvalue weighted by molar-refractivity contribution is -0.384. The zero-order valence-corrected chi connectivity index (χ0v) is 20.5. The summed E-state index contributed by atoms with van der Waals surface area (Å²) in [6.45, 7) is 4.58. The minimum atomic E-state index is -0.436. The van der Waals surface area contributed by atoms with Crippen LogP contribution >= 0.6 is 0 Å². The van der Waals surface area contributed by atoms with Crippen molar-refractivity contribution < 1.29 is 9.72 Å². The Balaban J connectivity index is 1.24. The van der Waals surface area contributed by atoms with Gasteiger partial charge in [0.2, 0.25) is 0 Å². The minimum absolute atomic E-state index is 0.00341. The molecule has 2 saturated heterocycles. The Morgan fingerprint density at radius 2 is 1.50 bits per heavy atom. The highest BCUT2D eigenvalue weighted by molar-refractivity contribution is 5.94. The lowest BCUT2D eigenvalue weighted by Crippen LogP contribution is -2.39. The van der Waals surface area contributed by atoms with E-state index in [9.17, 15) is 14.9 Å². The van der Waals surface area contributed by atoms with Gasteiger partial charge in [-0.1, -0.05) is 60.7 Å². The molecule has 3 aromatic carbocycles. The van der Waals surface area contributed by atoms with Crippen LogP contribution in [0.3, 0.4) is 0 Å². The van der Waals surface area contributed by atoms with E-state index in [4.69, 9.17) is 0 Å². The average Bonchev–Trinajstić information content (AvgIpc) is 3.34. The Hall–Kier alpha value is -3.51. The largest absolute Gasteiger partial charge is 0.338 e. The maximum atomic E-state index is 13.3. The van der Waals surface area contributed by atoms with Gasteiger partial charge in [0.15, 0.2) is 0 Å². The number of piperidine rings is 1. The Morgan fingerprint density at radius 1 is 0.861 bits per heavy atom. The molecule has 2 fully saturated rings. The van der Waals surface area contributed by atoms with Gasteiger partial charge in [-0.05, 0) is 67.4 Å². The molecule has 36 heavy (non-hydrogen) atoms. The topological polar surface area (TPSA) is 66.7 Å². The number of nitro groups is 1. The van der Waals surface area contributed by atoms with Gasteiger partial charge in [0, 0.05) is 43.2 Å². The summed E-state index contributed by atoms with van der Waals surface area (Å²) in [7, 11) is 0. The van der Waals surface area contributed by atoms with E-state index in [-0.39, 0.29) is 17.5 Å². The van der Waals surface area contributed by atoms with Gasteiger partial charge < -0.3 is 9.80 Å². The van der Waals surface area contributed by atoms with Crippen LogP contribution in [0.15, 0.2) is 84.9 Å². The maximum Gasteiger partial charge on any atom is 0.269 e. The fraction of sp³-hybridized carbons (Fsp3) is 0.367. The van der Waals surface area contributed by atoms with Crippen LogP contribution < -0.4 is 0 Å². The molecule has 186 valence electrons. The van der Waals surface area contributed by atoms with Gasteiger partial charge in [0.25, 0.3) is 11.6 Å². The standard InChI is InChI=1S/C30H33N3O3/c34-30(26-11-13-28(14-12-26)33(35)36)32-21-27(29(22-32)25-9-5-2-6-10-25)20-31-17-15-24(16-18-31)19-23-7-3-1-4-8-23/h1-14,24,27,29H,15-22H2/t27-,29-/m0/s1. The first kappa shape index (κ1) is 24.2. The number of likely N-dealkylation sites (tertiary alicyclic amines) is 2. The van der Waals surface area contributed by atoms with Crippen molar-refractivity contribution in [2.75, 3.05) is 32.7 Å². The van der Waals surface area contributed by atoms with Crippen molar-refractivity contribution in [1.29, 1.82) is 0 Å². The predicted molar refractivity (Wildman–Crippen MR) is 141 cm³/mol. The number of nitrogens with zero attached hydrogens (tertiary/aromatic N) is 3. The maximum absolute atomic E-state index is 13.3. The lowest BCUT2D eigenvalue weighted by Gasteiger charge is -2.34. The van der Waals surface area contributed by atoms with Gasteiger partial charge in [0.05, 0.1) is 4.92 Å². The second-order valence-corrected chi connectivity index (χ2v) is 10.2. The molecule has 6 heteroatoms. The second-order valence-electron chi connectivity index (χ2n) is 10.2. The van der Waals surface area contributed by atoms with Crippen LogP contribution in [0, 0.1) is 22.0 Å². The average molecular weight is 484 g/mol. The van der Waals surface area contributed by atoms with Crippen molar-refractivity contribution in [3.8, 4) is 0 Å². The van der Waals surface area contributed by atoms with E-state index in [1.165, 1.54) is 36.1 Å². The van der Waals surface area contributed by atoms with E-state index in [1.807, 2.05) is 11.0 Å². The molecule has 0 aromatic heterocycles. The molecule has 0 bridgehead atoms. The Bertz CT molecular complexity index is 1160. The summed E-state index contributed by atoms with van der Waals surface area (Å²) in [6.07, 6.45) is 3.58. The van der Waals surface area contributed by atoms with Crippen molar-refractivity contribution in [1.82, 2.24) is 9.80 Å². The SMILES string of the molecule is O=C(c1ccc([N+](=O)[O-])cc1)N1C[C@H](CN2CCC(Cc3ccccc3)CC2)[C@H](c2ccccc2)C1. The van der Waals surface area contributed by atoms with Crippen LogP contribution in [0.1, 0.15) is 40.2 Å². The summed E-state index contributed by atoms with van der Waals surface area (Å²) in [4.78, 5) is 28.4. The molecular weight excluding hydrogens is 450 g/mol. The van der Waals surface area contributed by atoms with Crippen LogP contribution in [-0.2, 0) is 6.42 Å². The molecule has 1 amide bonds. The fourth-order valence-electron chi connectivity index (χ4n) is 5.86. The zero-order valence-electron chi connectivity index (χ0n) is 20.5. The predicted octanol–water partition coefficient (Wildman–Crippen LogP) is 5.41. The number of hydrogen-bond acceptors (Lipinski definition) is 4. The molecule has 0 spiro atoms. The second kappa shape index (κ2) is 11.0. The van der Waals surface area contributed by atoms with E-state index < -0.39 is 4.92 Å². The van der Waals surface area contributed by atoms with Gasteiger partial charge in [-0.15, -0.1) is 0 Å². The first-order valence-corrected chi connectivity index (χ1v) is 12.9.